The summed E-state index contributed by atoms with van der Waals surface area (Å²) in [6.45, 7) is 8.91. The molecule has 0 saturated carbocycles. The lowest BCUT2D eigenvalue weighted by Gasteiger charge is -2.26. The van der Waals surface area contributed by atoms with Gasteiger partial charge >= 0.3 is 6.09 Å². The first-order valence-corrected chi connectivity index (χ1v) is 10.7. The Balaban J connectivity index is 1.61. The molecule has 2 aliphatic heterocycles. The topological polar surface area (TPSA) is 76.2 Å². The van der Waals surface area contributed by atoms with Gasteiger partial charge in [0, 0.05) is 17.2 Å². The average Bonchev–Trinajstić information content (AvgIpc) is 3.34. The van der Waals surface area contributed by atoms with Crippen LogP contribution in [-0.2, 0) is 19.1 Å². The summed E-state index contributed by atoms with van der Waals surface area (Å²) in [6, 6.07) is 8.89. The molecule has 0 bridgehead atoms. The molecule has 3 aliphatic rings. The maximum Gasteiger partial charge on any atom is 0.417 e. The number of para-hydroxylation sites is 1. The molecule has 4 rings (SSSR count). The molecule has 1 aromatic carbocycles. The number of imide groups is 1. The number of allylic oxidation sites excluding steroid dienone is 1. The van der Waals surface area contributed by atoms with Gasteiger partial charge in [0.15, 0.2) is 0 Å². The van der Waals surface area contributed by atoms with Crippen LogP contribution in [-0.4, -0.2) is 40.7 Å². The van der Waals surface area contributed by atoms with Crippen LogP contribution in [0, 0.1) is 5.92 Å². The number of nitrogens with zero attached hydrogens (tertiary/aromatic N) is 2. The van der Waals surface area contributed by atoms with Gasteiger partial charge in [-0.25, -0.2) is 9.69 Å². The van der Waals surface area contributed by atoms with Crippen LogP contribution in [0.25, 0.3) is 0 Å². The monoisotopic (exact) mass is 436 g/mol. The summed E-state index contributed by atoms with van der Waals surface area (Å²) < 4.78 is 11.5. The van der Waals surface area contributed by atoms with Crippen LogP contribution in [0.3, 0.4) is 0 Å². The second kappa shape index (κ2) is 7.97. The molecule has 0 aromatic heterocycles. The van der Waals surface area contributed by atoms with E-state index in [2.05, 4.69) is 0 Å². The minimum Gasteiger partial charge on any atom is -0.473 e. The van der Waals surface area contributed by atoms with Crippen LogP contribution in [0.5, 0.6) is 0 Å². The molecular formula is C25H28N2O5. The largest absolute Gasteiger partial charge is 0.473 e. The maximum absolute atomic E-state index is 13.2. The van der Waals surface area contributed by atoms with Crippen LogP contribution in [0.15, 0.2) is 65.5 Å². The van der Waals surface area contributed by atoms with Gasteiger partial charge in [-0.15, -0.1) is 0 Å². The van der Waals surface area contributed by atoms with Crippen molar-refractivity contribution in [2.24, 2.45) is 5.92 Å². The van der Waals surface area contributed by atoms with Crippen LogP contribution >= 0.6 is 0 Å². The number of hydrogen-bond acceptors (Lipinski definition) is 5. The molecule has 0 N–H and O–H groups in total. The van der Waals surface area contributed by atoms with Crippen molar-refractivity contribution in [3.05, 3.63) is 65.5 Å². The highest BCUT2D eigenvalue weighted by Crippen LogP contribution is 2.40. The van der Waals surface area contributed by atoms with Crippen molar-refractivity contribution in [2.75, 3.05) is 4.90 Å². The maximum atomic E-state index is 13.2. The number of benzene rings is 1. The standard InChI is InChI=1S/C25H28N2O5/c1-15-16(2)23(26(21(15)28)17-10-7-6-8-11-17)31-14-19-18-12-9-13-20(18)27(22(19)29)24(30)32-25(3,4)5/h6-11,13-14,18,20,23H,12H2,1-5H3. The third-order valence-electron chi connectivity index (χ3n) is 5.98. The third kappa shape index (κ3) is 3.72. The van der Waals surface area contributed by atoms with Crippen LogP contribution < -0.4 is 4.90 Å². The van der Waals surface area contributed by atoms with Crippen molar-refractivity contribution >= 4 is 23.6 Å². The molecule has 7 heteroatoms. The van der Waals surface area contributed by atoms with E-state index in [1.54, 1.807) is 32.6 Å². The lowest BCUT2D eigenvalue weighted by molar-refractivity contribution is -0.125. The summed E-state index contributed by atoms with van der Waals surface area (Å²) in [7, 11) is 0. The van der Waals surface area contributed by atoms with E-state index in [0.29, 0.717) is 23.3 Å². The van der Waals surface area contributed by atoms with E-state index < -0.39 is 23.8 Å². The molecule has 2 heterocycles. The van der Waals surface area contributed by atoms with Gasteiger partial charge in [0.2, 0.25) is 6.23 Å². The Morgan fingerprint density at radius 3 is 2.44 bits per heavy atom. The van der Waals surface area contributed by atoms with Crippen LogP contribution in [0.2, 0.25) is 0 Å². The first kappa shape index (κ1) is 21.9. The Labute approximate surface area is 188 Å². The van der Waals surface area contributed by atoms with E-state index in [9.17, 15) is 14.4 Å². The number of ether oxygens (including phenoxy) is 2. The second-order valence-electron chi connectivity index (χ2n) is 9.30. The number of hydrogen-bond donors (Lipinski definition) is 0. The summed E-state index contributed by atoms with van der Waals surface area (Å²) in [6.07, 6.45) is 4.54. The minimum atomic E-state index is -0.710. The molecule has 1 saturated heterocycles. The molecule has 1 fully saturated rings. The number of amides is 3. The molecule has 0 spiro atoms. The van der Waals surface area contributed by atoms with Gasteiger partial charge in [0.05, 0.1) is 17.9 Å². The molecule has 1 aromatic rings. The highest BCUT2D eigenvalue weighted by Gasteiger charge is 2.49. The Morgan fingerprint density at radius 1 is 1.09 bits per heavy atom. The number of carbonyl (C=O) groups excluding carboxylic acids is 3. The van der Waals surface area contributed by atoms with Crippen molar-refractivity contribution in [1.82, 2.24) is 4.90 Å². The summed E-state index contributed by atoms with van der Waals surface area (Å²) >= 11 is 0. The van der Waals surface area contributed by atoms with E-state index in [0.717, 1.165) is 10.5 Å². The summed E-state index contributed by atoms with van der Waals surface area (Å²) in [5.74, 6) is -0.749. The first-order valence-electron chi connectivity index (χ1n) is 10.7. The molecule has 1 aliphatic carbocycles. The fourth-order valence-corrected chi connectivity index (χ4v) is 4.28. The minimum absolute atomic E-state index is 0.134. The number of carbonyl (C=O) groups is 3. The van der Waals surface area contributed by atoms with Gasteiger partial charge in [-0.3, -0.25) is 14.5 Å². The third-order valence-corrected chi connectivity index (χ3v) is 5.98. The summed E-state index contributed by atoms with van der Waals surface area (Å²) in [5.41, 5.74) is 1.81. The second-order valence-corrected chi connectivity index (χ2v) is 9.30. The highest BCUT2D eigenvalue weighted by molar-refractivity contribution is 6.09. The predicted octanol–water partition coefficient (Wildman–Crippen LogP) is 4.32. The average molecular weight is 437 g/mol. The van der Waals surface area contributed by atoms with Crippen molar-refractivity contribution in [1.29, 1.82) is 0 Å². The van der Waals surface area contributed by atoms with Crippen LogP contribution in [0.1, 0.15) is 41.0 Å². The lowest BCUT2D eigenvalue weighted by atomic mass is 9.98. The van der Waals surface area contributed by atoms with E-state index in [1.165, 1.54) is 6.26 Å². The lowest BCUT2D eigenvalue weighted by Crippen LogP contribution is -2.42. The van der Waals surface area contributed by atoms with Gasteiger partial charge in [-0.2, -0.15) is 0 Å². The van der Waals surface area contributed by atoms with Gasteiger partial charge in [-0.1, -0.05) is 30.4 Å². The zero-order chi connectivity index (χ0) is 23.2. The number of fused-ring (bicyclic) bond motifs is 1. The summed E-state index contributed by atoms with van der Waals surface area (Å²) in [4.78, 5) is 41.5. The fraction of sp³-hybridized carbons (Fsp3) is 0.400. The van der Waals surface area contributed by atoms with Crippen molar-refractivity contribution in [3.63, 3.8) is 0 Å². The van der Waals surface area contributed by atoms with Gasteiger partial charge in [0.25, 0.3) is 11.8 Å². The number of rotatable bonds is 3. The molecule has 3 atom stereocenters. The van der Waals surface area contributed by atoms with Crippen molar-refractivity contribution in [3.8, 4) is 0 Å². The Morgan fingerprint density at radius 2 is 1.78 bits per heavy atom. The highest BCUT2D eigenvalue weighted by atomic mass is 16.6. The van der Waals surface area contributed by atoms with Crippen molar-refractivity contribution in [2.45, 2.75) is 58.9 Å². The Kier molecular flexibility index (Phi) is 5.44. The molecule has 32 heavy (non-hydrogen) atoms. The van der Waals surface area contributed by atoms with E-state index in [-0.39, 0.29) is 17.9 Å². The smallest absolute Gasteiger partial charge is 0.417 e. The fourth-order valence-electron chi connectivity index (χ4n) is 4.28. The zero-order valence-corrected chi connectivity index (χ0v) is 19.0. The molecule has 3 unspecified atom stereocenters. The number of likely N-dealkylation sites (tertiary alicyclic amines) is 1. The quantitative estimate of drug-likeness (QED) is 0.401. The Hall–Kier alpha value is -3.35. The Bertz CT molecular complexity index is 1050. The predicted molar refractivity (Wildman–Crippen MR) is 119 cm³/mol. The van der Waals surface area contributed by atoms with E-state index >= 15 is 0 Å². The SMILES string of the molecule is CC1=C(C)C(OC=C2C(=O)N(C(=O)OC(C)(C)C)C3C=CCC23)N(c2ccccc2)C1=O. The van der Waals surface area contributed by atoms with E-state index in [1.807, 2.05) is 49.4 Å². The van der Waals surface area contributed by atoms with Gasteiger partial charge in [-0.05, 0) is 58.7 Å². The van der Waals surface area contributed by atoms with Gasteiger partial charge < -0.3 is 9.47 Å². The van der Waals surface area contributed by atoms with E-state index in [4.69, 9.17) is 9.47 Å². The molecule has 168 valence electrons. The molecule has 3 amide bonds. The van der Waals surface area contributed by atoms with Crippen LogP contribution in [0.4, 0.5) is 10.5 Å². The van der Waals surface area contributed by atoms with Gasteiger partial charge in [0.1, 0.15) is 5.60 Å². The summed E-state index contributed by atoms with van der Waals surface area (Å²) in [5, 5.41) is 0. The van der Waals surface area contributed by atoms with Crippen molar-refractivity contribution < 1.29 is 23.9 Å². The first-order chi connectivity index (χ1) is 15.1. The molecule has 0 radical (unpaired) electrons. The molecule has 7 nitrogen and oxygen atoms in total. The normalized spacial score (nSPS) is 26.4. The number of anilines is 1. The molecular weight excluding hydrogens is 408 g/mol. The zero-order valence-electron chi connectivity index (χ0n) is 19.0.